The highest BCUT2D eigenvalue weighted by atomic mass is 16.3. The van der Waals surface area contributed by atoms with Gasteiger partial charge in [0.15, 0.2) is 5.76 Å². The number of para-hydroxylation sites is 1. The van der Waals surface area contributed by atoms with Crippen LogP contribution in [0.1, 0.15) is 0 Å². The first-order valence-corrected chi connectivity index (χ1v) is 5.62. The van der Waals surface area contributed by atoms with Gasteiger partial charge in [-0.15, -0.1) is 0 Å². The lowest BCUT2D eigenvalue weighted by Crippen LogP contribution is -1.92. The second-order valence-electron chi connectivity index (χ2n) is 4.03. The van der Waals surface area contributed by atoms with E-state index in [1.54, 1.807) is 23.1 Å². The van der Waals surface area contributed by atoms with Crippen LogP contribution in [0.25, 0.3) is 22.7 Å². The van der Waals surface area contributed by atoms with Gasteiger partial charge >= 0.3 is 0 Å². The fourth-order valence-electron chi connectivity index (χ4n) is 1.94. The summed E-state index contributed by atoms with van der Waals surface area (Å²) in [6, 6.07) is 12.8. The summed E-state index contributed by atoms with van der Waals surface area (Å²) in [5, 5.41) is 14.2. The molecule has 2 heterocycles. The number of benzene rings is 1. The Balaban J connectivity index is 2.11. The first-order chi connectivity index (χ1) is 8.75. The third-order valence-electron chi connectivity index (χ3n) is 2.83. The van der Waals surface area contributed by atoms with Gasteiger partial charge in [0.25, 0.3) is 0 Å². The zero-order chi connectivity index (χ0) is 12.5. The SMILES string of the molecule is Cn1nc(-c2ccccc2O)cc1-c1ccco1. The van der Waals surface area contributed by atoms with Gasteiger partial charge in [0.1, 0.15) is 11.4 Å². The summed E-state index contributed by atoms with van der Waals surface area (Å²) in [6.45, 7) is 0. The molecule has 4 nitrogen and oxygen atoms in total. The number of hydrogen-bond donors (Lipinski definition) is 1. The molecule has 0 unspecified atom stereocenters. The number of phenolic OH excluding ortho intramolecular Hbond substituents is 1. The minimum atomic E-state index is 0.224. The van der Waals surface area contributed by atoms with Gasteiger partial charge in [-0.25, -0.2) is 0 Å². The summed E-state index contributed by atoms with van der Waals surface area (Å²) in [4.78, 5) is 0. The minimum Gasteiger partial charge on any atom is -0.507 e. The molecule has 0 radical (unpaired) electrons. The molecule has 0 atom stereocenters. The Hall–Kier alpha value is -2.49. The van der Waals surface area contributed by atoms with E-state index in [0.29, 0.717) is 5.56 Å². The normalized spacial score (nSPS) is 10.7. The molecule has 18 heavy (non-hydrogen) atoms. The molecule has 90 valence electrons. The van der Waals surface area contributed by atoms with Crippen LogP contribution >= 0.6 is 0 Å². The molecule has 4 heteroatoms. The highest BCUT2D eigenvalue weighted by Gasteiger charge is 2.12. The lowest BCUT2D eigenvalue weighted by atomic mass is 10.1. The van der Waals surface area contributed by atoms with Gasteiger partial charge in [0.2, 0.25) is 0 Å². The number of hydrogen-bond acceptors (Lipinski definition) is 3. The van der Waals surface area contributed by atoms with Crippen molar-refractivity contribution in [1.82, 2.24) is 9.78 Å². The largest absolute Gasteiger partial charge is 0.507 e. The molecular weight excluding hydrogens is 228 g/mol. The minimum absolute atomic E-state index is 0.224. The van der Waals surface area contributed by atoms with Crippen molar-refractivity contribution in [3.8, 4) is 28.5 Å². The predicted molar refractivity (Wildman–Crippen MR) is 68.0 cm³/mol. The Bertz CT molecular complexity index is 669. The van der Waals surface area contributed by atoms with Gasteiger partial charge in [-0.3, -0.25) is 4.68 Å². The molecule has 0 aliphatic carbocycles. The van der Waals surface area contributed by atoms with E-state index in [9.17, 15) is 5.11 Å². The van der Waals surface area contributed by atoms with Crippen molar-refractivity contribution in [3.05, 3.63) is 48.7 Å². The van der Waals surface area contributed by atoms with Crippen molar-refractivity contribution in [2.45, 2.75) is 0 Å². The van der Waals surface area contributed by atoms with E-state index in [0.717, 1.165) is 17.1 Å². The first-order valence-electron chi connectivity index (χ1n) is 5.62. The van der Waals surface area contributed by atoms with E-state index in [1.165, 1.54) is 0 Å². The molecule has 1 N–H and O–H groups in total. The lowest BCUT2D eigenvalue weighted by Gasteiger charge is -1.98. The molecule has 1 aromatic carbocycles. The molecule has 0 amide bonds. The highest BCUT2D eigenvalue weighted by Crippen LogP contribution is 2.30. The summed E-state index contributed by atoms with van der Waals surface area (Å²) >= 11 is 0. The number of nitrogens with zero attached hydrogens (tertiary/aromatic N) is 2. The summed E-state index contributed by atoms with van der Waals surface area (Å²) < 4.78 is 7.09. The standard InChI is InChI=1S/C14H12N2O2/c1-16-12(14-7-4-8-18-14)9-11(15-16)10-5-2-3-6-13(10)17/h2-9,17H,1H3. The second kappa shape index (κ2) is 4.07. The molecule has 2 aromatic heterocycles. The molecule has 3 rings (SSSR count). The molecule has 0 spiro atoms. The maximum Gasteiger partial charge on any atom is 0.151 e. The number of aromatic nitrogens is 2. The van der Waals surface area contributed by atoms with Gasteiger partial charge in [0, 0.05) is 12.6 Å². The Labute approximate surface area is 104 Å². The van der Waals surface area contributed by atoms with Crippen molar-refractivity contribution >= 4 is 0 Å². The molecule has 0 saturated carbocycles. The summed E-state index contributed by atoms with van der Waals surface area (Å²) in [7, 11) is 1.85. The quantitative estimate of drug-likeness (QED) is 0.749. The van der Waals surface area contributed by atoms with E-state index in [4.69, 9.17) is 4.42 Å². The van der Waals surface area contributed by atoms with Crippen LogP contribution < -0.4 is 0 Å². The van der Waals surface area contributed by atoms with E-state index >= 15 is 0 Å². The fourth-order valence-corrected chi connectivity index (χ4v) is 1.94. The highest BCUT2D eigenvalue weighted by molar-refractivity contribution is 5.70. The topological polar surface area (TPSA) is 51.2 Å². The Morgan fingerprint density at radius 3 is 2.72 bits per heavy atom. The molecule has 0 aliphatic heterocycles. The van der Waals surface area contributed by atoms with E-state index in [-0.39, 0.29) is 5.75 Å². The summed E-state index contributed by atoms with van der Waals surface area (Å²) in [5.74, 6) is 0.980. The van der Waals surface area contributed by atoms with Crippen LogP contribution in [-0.4, -0.2) is 14.9 Å². The van der Waals surface area contributed by atoms with Crippen molar-refractivity contribution in [1.29, 1.82) is 0 Å². The smallest absolute Gasteiger partial charge is 0.151 e. The maximum atomic E-state index is 9.82. The van der Waals surface area contributed by atoms with Crippen LogP contribution in [0.3, 0.4) is 0 Å². The Kier molecular flexibility index (Phi) is 2.41. The van der Waals surface area contributed by atoms with Crippen molar-refractivity contribution in [3.63, 3.8) is 0 Å². The fraction of sp³-hybridized carbons (Fsp3) is 0.0714. The van der Waals surface area contributed by atoms with Gasteiger partial charge in [-0.05, 0) is 30.3 Å². The number of furan rings is 1. The first kappa shape index (κ1) is 10.7. The van der Waals surface area contributed by atoms with Gasteiger partial charge < -0.3 is 9.52 Å². The van der Waals surface area contributed by atoms with E-state index < -0.39 is 0 Å². The Morgan fingerprint density at radius 1 is 1.17 bits per heavy atom. The molecule has 0 bridgehead atoms. The van der Waals surface area contributed by atoms with Gasteiger partial charge in [-0.1, -0.05) is 12.1 Å². The number of rotatable bonds is 2. The van der Waals surface area contributed by atoms with Gasteiger partial charge in [0.05, 0.1) is 12.0 Å². The molecule has 0 saturated heterocycles. The third-order valence-corrected chi connectivity index (χ3v) is 2.83. The monoisotopic (exact) mass is 240 g/mol. The van der Waals surface area contributed by atoms with Crippen LogP contribution in [0.4, 0.5) is 0 Å². The molecular formula is C14H12N2O2. The number of phenols is 1. The Morgan fingerprint density at radius 2 is 2.00 bits per heavy atom. The summed E-state index contributed by atoms with van der Waals surface area (Å²) in [6.07, 6.45) is 1.63. The number of aryl methyl sites for hydroxylation is 1. The molecule has 3 aromatic rings. The third kappa shape index (κ3) is 1.68. The van der Waals surface area contributed by atoms with E-state index in [1.807, 2.05) is 37.4 Å². The van der Waals surface area contributed by atoms with Crippen molar-refractivity contribution in [2.75, 3.05) is 0 Å². The van der Waals surface area contributed by atoms with Crippen LogP contribution in [0, 0.1) is 0 Å². The second-order valence-corrected chi connectivity index (χ2v) is 4.03. The summed E-state index contributed by atoms with van der Waals surface area (Å²) in [5.41, 5.74) is 2.31. The number of aromatic hydroxyl groups is 1. The van der Waals surface area contributed by atoms with Crippen molar-refractivity contribution in [2.24, 2.45) is 7.05 Å². The van der Waals surface area contributed by atoms with Crippen LogP contribution in [-0.2, 0) is 7.05 Å². The molecule has 0 aliphatic rings. The van der Waals surface area contributed by atoms with Crippen LogP contribution in [0.2, 0.25) is 0 Å². The zero-order valence-electron chi connectivity index (χ0n) is 9.87. The van der Waals surface area contributed by atoms with Crippen LogP contribution in [0.5, 0.6) is 5.75 Å². The van der Waals surface area contributed by atoms with Gasteiger partial charge in [-0.2, -0.15) is 5.10 Å². The maximum absolute atomic E-state index is 9.82. The van der Waals surface area contributed by atoms with Crippen molar-refractivity contribution < 1.29 is 9.52 Å². The zero-order valence-corrected chi connectivity index (χ0v) is 9.87. The predicted octanol–water partition coefficient (Wildman–Crippen LogP) is 3.05. The average molecular weight is 240 g/mol. The average Bonchev–Trinajstić information content (AvgIpc) is 2.98. The van der Waals surface area contributed by atoms with Crippen LogP contribution in [0.15, 0.2) is 53.1 Å². The molecule has 0 fully saturated rings. The lowest BCUT2D eigenvalue weighted by molar-refractivity contribution is 0.477. The van der Waals surface area contributed by atoms with E-state index in [2.05, 4.69) is 5.10 Å².